The quantitative estimate of drug-likeness (QED) is 0.612. The Hall–Kier alpha value is -1.67. The molecule has 0 aromatic heterocycles. The van der Waals surface area contributed by atoms with Gasteiger partial charge in [-0.25, -0.2) is 13.1 Å². The maximum Gasteiger partial charge on any atom is 0.312 e. The highest BCUT2D eigenvalue weighted by Crippen LogP contribution is 2.31. The number of anilines is 1. The molecule has 0 amide bonds. The SMILES string of the molecule is CCC(C)NS(=O)(=O)c1cccc(NC)c1[N+](=O)[O-]. The summed E-state index contributed by atoms with van der Waals surface area (Å²) >= 11 is 0. The molecule has 0 fully saturated rings. The number of hydrogen-bond donors (Lipinski definition) is 2. The van der Waals surface area contributed by atoms with Crippen molar-refractivity contribution in [3.8, 4) is 0 Å². The molecule has 0 bridgehead atoms. The predicted molar refractivity (Wildman–Crippen MR) is 72.7 cm³/mol. The average molecular weight is 287 g/mol. The van der Waals surface area contributed by atoms with E-state index in [1.165, 1.54) is 25.2 Å². The third-order valence-corrected chi connectivity index (χ3v) is 4.33. The van der Waals surface area contributed by atoms with Crippen molar-refractivity contribution in [2.24, 2.45) is 0 Å². The van der Waals surface area contributed by atoms with Crippen molar-refractivity contribution in [3.63, 3.8) is 0 Å². The van der Waals surface area contributed by atoms with Gasteiger partial charge in [0.25, 0.3) is 0 Å². The number of sulfonamides is 1. The number of nitro benzene ring substituents is 1. The Kier molecular flexibility index (Phi) is 4.84. The summed E-state index contributed by atoms with van der Waals surface area (Å²) in [5.74, 6) is 0. The molecule has 1 aromatic rings. The van der Waals surface area contributed by atoms with E-state index in [1.807, 2.05) is 6.92 Å². The van der Waals surface area contributed by atoms with Gasteiger partial charge in [-0.05, 0) is 25.5 Å². The molecule has 0 radical (unpaired) electrons. The highest BCUT2D eigenvalue weighted by Gasteiger charge is 2.29. The lowest BCUT2D eigenvalue weighted by Crippen LogP contribution is -2.32. The molecule has 0 heterocycles. The van der Waals surface area contributed by atoms with E-state index in [0.29, 0.717) is 6.42 Å². The van der Waals surface area contributed by atoms with E-state index in [1.54, 1.807) is 6.92 Å². The normalized spacial score (nSPS) is 13.0. The number of nitrogens with zero attached hydrogens (tertiary/aromatic N) is 1. The van der Waals surface area contributed by atoms with E-state index < -0.39 is 20.6 Å². The van der Waals surface area contributed by atoms with Gasteiger partial charge in [0.2, 0.25) is 10.0 Å². The Balaban J connectivity index is 3.38. The van der Waals surface area contributed by atoms with Crippen molar-refractivity contribution in [1.29, 1.82) is 0 Å². The molecular formula is C11H17N3O4S. The lowest BCUT2D eigenvalue weighted by molar-refractivity contribution is -0.386. The predicted octanol–water partition coefficient (Wildman–Crippen LogP) is 1.71. The Morgan fingerprint density at radius 2 is 2.05 bits per heavy atom. The van der Waals surface area contributed by atoms with Crippen molar-refractivity contribution >= 4 is 21.4 Å². The molecule has 7 nitrogen and oxygen atoms in total. The number of rotatable bonds is 6. The molecule has 0 aliphatic rings. The van der Waals surface area contributed by atoms with Gasteiger partial charge >= 0.3 is 5.69 Å². The van der Waals surface area contributed by atoms with Gasteiger partial charge in [0, 0.05) is 13.1 Å². The first kappa shape index (κ1) is 15.4. The number of nitrogens with one attached hydrogen (secondary N) is 2. The molecule has 2 N–H and O–H groups in total. The van der Waals surface area contributed by atoms with Crippen molar-refractivity contribution in [2.45, 2.75) is 31.2 Å². The molecule has 8 heteroatoms. The minimum atomic E-state index is -3.91. The van der Waals surface area contributed by atoms with Crippen LogP contribution in [0.4, 0.5) is 11.4 Å². The molecule has 0 aliphatic carbocycles. The Morgan fingerprint density at radius 3 is 2.53 bits per heavy atom. The third kappa shape index (κ3) is 3.42. The second kappa shape index (κ2) is 5.98. The molecule has 1 rings (SSSR count). The molecule has 19 heavy (non-hydrogen) atoms. The zero-order chi connectivity index (χ0) is 14.6. The molecule has 0 aliphatic heterocycles. The van der Waals surface area contributed by atoms with Crippen LogP contribution in [0.5, 0.6) is 0 Å². The zero-order valence-electron chi connectivity index (χ0n) is 11.0. The number of para-hydroxylation sites is 1. The molecule has 0 spiro atoms. The van der Waals surface area contributed by atoms with Crippen LogP contribution in [-0.4, -0.2) is 26.4 Å². The van der Waals surface area contributed by atoms with E-state index in [-0.39, 0.29) is 16.6 Å². The van der Waals surface area contributed by atoms with Gasteiger partial charge in [-0.3, -0.25) is 10.1 Å². The van der Waals surface area contributed by atoms with Crippen LogP contribution in [-0.2, 0) is 10.0 Å². The molecule has 0 saturated carbocycles. The smallest absolute Gasteiger partial charge is 0.312 e. The average Bonchev–Trinajstić information content (AvgIpc) is 2.36. The lowest BCUT2D eigenvalue weighted by atomic mass is 10.3. The van der Waals surface area contributed by atoms with Crippen LogP contribution in [0, 0.1) is 10.1 Å². The molecule has 106 valence electrons. The van der Waals surface area contributed by atoms with Crippen LogP contribution in [0.15, 0.2) is 23.1 Å². The summed E-state index contributed by atoms with van der Waals surface area (Å²) in [6.07, 6.45) is 0.596. The minimum Gasteiger partial charge on any atom is -0.383 e. The largest absolute Gasteiger partial charge is 0.383 e. The summed E-state index contributed by atoms with van der Waals surface area (Å²) in [6, 6.07) is 3.86. The standard InChI is InChI=1S/C11H17N3O4S/c1-4-8(2)13-19(17,18)10-7-5-6-9(12-3)11(10)14(15)16/h5-8,12-13H,4H2,1-3H3. The maximum absolute atomic E-state index is 12.2. The number of benzene rings is 1. The monoisotopic (exact) mass is 287 g/mol. The minimum absolute atomic E-state index is 0.164. The van der Waals surface area contributed by atoms with Crippen molar-refractivity contribution < 1.29 is 13.3 Å². The Morgan fingerprint density at radius 1 is 1.42 bits per heavy atom. The fourth-order valence-corrected chi connectivity index (χ4v) is 3.06. The van der Waals surface area contributed by atoms with Crippen LogP contribution < -0.4 is 10.0 Å². The first-order valence-corrected chi connectivity index (χ1v) is 7.29. The highest BCUT2D eigenvalue weighted by atomic mass is 32.2. The van der Waals surface area contributed by atoms with E-state index in [9.17, 15) is 18.5 Å². The summed E-state index contributed by atoms with van der Waals surface area (Å²) < 4.78 is 26.7. The molecule has 1 aromatic carbocycles. The van der Waals surface area contributed by atoms with Gasteiger partial charge in [-0.2, -0.15) is 0 Å². The van der Waals surface area contributed by atoms with Gasteiger partial charge in [0.1, 0.15) is 5.69 Å². The highest BCUT2D eigenvalue weighted by molar-refractivity contribution is 7.89. The van der Waals surface area contributed by atoms with Crippen molar-refractivity contribution in [3.05, 3.63) is 28.3 Å². The molecular weight excluding hydrogens is 270 g/mol. The first-order chi connectivity index (χ1) is 8.83. The fourth-order valence-electron chi connectivity index (χ4n) is 1.54. The van der Waals surface area contributed by atoms with E-state index >= 15 is 0 Å². The molecule has 1 unspecified atom stereocenters. The molecule has 1 atom stereocenters. The summed E-state index contributed by atoms with van der Waals surface area (Å²) in [4.78, 5) is 10.1. The first-order valence-electron chi connectivity index (χ1n) is 5.81. The van der Waals surface area contributed by atoms with Crippen LogP contribution in [0.3, 0.4) is 0 Å². The second-order valence-electron chi connectivity index (χ2n) is 4.09. The van der Waals surface area contributed by atoms with Crippen molar-refractivity contribution in [2.75, 3.05) is 12.4 Å². The van der Waals surface area contributed by atoms with Crippen molar-refractivity contribution in [1.82, 2.24) is 4.72 Å². The van der Waals surface area contributed by atoms with Gasteiger partial charge in [0.15, 0.2) is 4.90 Å². The number of nitro groups is 1. The summed E-state index contributed by atoms with van der Waals surface area (Å²) in [5.41, 5.74) is -0.280. The van der Waals surface area contributed by atoms with Gasteiger partial charge in [-0.15, -0.1) is 0 Å². The van der Waals surface area contributed by atoms with E-state index in [0.717, 1.165) is 0 Å². The van der Waals surface area contributed by atoms with Crippen LogP contribution >= 0.6 is 0 Å². The van der Waals surface area contributed by atoms with Gasteiger partial charge < -0.3 is 5.32 Å². The van der Waals surface area contributed by atoms with Crippen LogP contribution in [0.1, 0.15) is 20.3 Å². The fraction of sp³-hybridized carbons (Fsp3) is 0.455. The topological polar surface area (TPSA) is 101 Å². The van der Waals surface area contributed by atoms with Gasteiger partial charge in [0.05, 0.1) is 4.92 Å². The summed E-state index contributed by atoms with van der Waals surface area (Å²) in [6.45, 7) is 3.52. The van der Waals surface area contributed by atoms with Gasteiger partial charge in [-0.1, -0.05) is 13.0 Å². The Labute approximate surface area is 112 Å². The maximum atomic E-state index is 12.2. The summed E-state index contributed by atoms with van der Waals surface area (Å²) in [5, 5.41) is 13.7. The third-order valence-electron chi connectivity index (χ3n) is 2.71. The van der Waals surface area contributed by atoms with E-state index in [2.05, 4.69) is 10.0 Å². The summed E-state index contributed by atoms with van der Waals surface area (Å²) in [7, 11) is -2.41. The van der Waals surface area contributed by atoms with Crippen LogP contribution in [0.2, 0.25) is 0 Å². The lowest BCUT2D eigenvalue weighted by Gasteiger charge is -2.13. The van der Waals surface area contributed by atoms with E-state index in [4.69, 9.17) is 0 Å². The second-order valence-corrected chi connectivity index (χ2v) is 5.77. The molecule has 0 saturated heterocycles. The zero-order valence-corrected chi connectivity index (χ0v) is 11.8. The number of hydrogen-bond acceptors (Lipinski definition) is 5. The van der Waals surface area contributed by atoms with Crippen LogP contribution in [0.25, 0.3) is 0 Å². The Bertz CT molecular complexity index is 571.